The number of hydrogen-bond donors (Lipinski definition) is 2. The summed E-state index contributed by atoms with van der Waals surface area (Å²) < 4.78 is 35.9. The van der Waals surface area contributed by atoms with E-state index in [9.17, 15) is 18.3 Å². The molecular weight excluding hydrogens is 408 g/mol. The second-order valence-electron chi connectivity index (χ2n) is 6.40. The van der Waals surface area contributed by atoms with Gasteiger partial charge in [-0.1, -0.05) is 30.3 Å². The monoisotopic (exact) mass is 428 g/mol. The maximum absolute atomic E-state index is 12.5. The summed E-state index contributed by atoms with van der Waals surface area (Å²) in [6.07, 6.45) is 0. The van der Waals surface area contributed by atoms with Crippen molar-refractivity contribution in [3.8, 4) is 17.2 Å². The molecule has 3 aromatic carbocycles. The van der Waals surface area contributed by atoms with Crippen LogP contribution in [-0.4, -0.2) is 37.0 Å². The lowest BCUT2D eigenvalue weighted by atomic mass is 10.2. The molecule has 0 spiro atoms. The molecule has 0 aromatic heterocycles. The molecule has 156 valence electrons. The van der Waals surface area contributed by atoms with E-state index in [4.69, 9.17) is 14.6 Å². The Morgan fingerprint density at radius 1 is 0.867 bits per heavy atom. The number of rotatable bonds is 9. The lowest BCUT2D eigenvalue weighted by Crippen LogP contribution is -2.14. The highest BCUT2D eigenvalue weighted by Gasteiger charge is 2.16. The molecule has 7 nitrogen and oxygen atoms in total. The standard InChI is InChI=1S/C22H20O7S/c23-21-14-18(8-11-20(21)22(24)25)28-12-13-30(26,27)19-9-6-17(7-10-19)29-15-16-4-2-1-3-5-16/h1-11,14,23H,12-13,15H2,(H,24,25). The molecule has 0 atom stereocenters. The third-order valence-corrected chi connectivity index (χ3v) is 5.95. The molecule has 0 aliphatic carbocycles. The predicted octanol–water partition coefficient (Wildman–Crippen LogP) is 3.52. The zero-order valence-electron chi connectivity index (χ0n) is 15.9. The van der Waals surface area contributed by atoms with Crippen LogP contribution >= 0.6 is 0 Å². The van der Waals surface area contributed by atoms with Gasteiger partial charge in [0.1, 0.15) is 36.0 Å². The quantitative estimate of drug-likeness (QED) is 0.536. The summed E-state index contributed by atoms with van der Waals surface area (Å²) in [7, 11) is -3.58. The highest BCUT2D eigenvalue weighted by Crippen LogP contribution is 2.24. The number of sulfone groups is 1. The Hall–Kier alpha value is -3.52. The van der Waals surface area contributed by atoms with Crippen LogP contribution in [0.4, 0.5) is 0 Å². The number of carboxylic acid groups (broad SMARTS) is 1. The molecule has 2 N–H and O–H groups in total. The van der Waals surface area contributed by atoms with E-state index in [0.29, 0.717) is 12.4 Å². The Kier molecular flexibility index (Phi) is 6.58. The van der Waals surface area contributed by atoms with Crippen LogP contribution in [0.1, 0.15) is 15.9 Å². The van der Waals surface area contributed by atoms with Crippen molar-refractivity contribution in [3.63, 3.8) is 0 Å². The van der Waals surface area contributed by atoms with Gasteiger partial charge < -0.3 is 19.7 Å². The fourth-order valence-corrected chi connectivity index (χ4v) is 3.74. The van der Waals surface area contributed by atoms with Crippen LogP contribution in [0.5, 0.6) is 17.2 Å². The van der Waals surface area contributed by atoms with Crippen molar-refractivity contribution >= 4 is 15.8 Å². The molecule has 0 radical (unpaired) electrons. The molecule has 0 saturated carbocycles. The summed E-state index contributed by atoms with van der Waals surface area (Å²) in [4.78, 5) is 11.0. The minimum absolute atomic E-state index is 0.141. The number of benzene rings is 3. The molecule has 0 aliphatic rings. The van der Waals surface area contributed by atoms with Crippen molar-refractivity contribution in [3.05, 3.63) is 83.9 Å². The number of carboxylic acids is 1. The van der Waals surface area contributed by atoms with E-state index in [0.717, 1.165) is 11.6 Å². The van der Waals surface area contributed by atoms with Crippen LogP contribution in [0, 0.1) is 0 Å². The highest BCUT2D eigenvalue weighted by molar-refractivity contribution is 7.91. The number of carbonyl (C=O) groups is 1. The first-order valence-electron chi connectivity index (χ1n) is 9.04. The molecule has 0 amide bonds. The first-order valence-corrected chi connectivity index (χ1v) is 10.7. The Balaban J connectivity index is 1.55. The van der Waals surface area contributed by atoms with Crippen LogP contribution < -0.4 is 9.47 Å². The molecule has 0 unspecified atom stereocenters. The van der Waals surface area contributed by atoms with Gasteiger partial charge in [0.25, 0.3) is 0 Å². The molecule has 0 fully saturated rings. The summed E-state index contributed by atoms with van der Waals surface area (Å²) in [5.41, 5.74) is 0.748. The first-order chi connectivity index (χ1) is 14.3. The summed E-state index contributed by atoms with van der Waals surface area (Å²) >= 11 is 0. The van der Waals surface area contributed by atoms with Gasteiger partial charge in [-0.25, -0.2) is 13.2 Å². The van der Waals surface area contributed by atoms with Crippen LogP contribution in [0.2, 0.25) is 0 Å². The molecule has 30 heavy (non-hydrogen) atoms. The number of ether oxygens (including phenoxy) is 2. The summed E-state index contributed by atoms with van der Waals surface area (Å²) in [5, 5.41) is 18.5. The predicted molar refractivity (Wildman–Crippen MR) is 110 cm³/mol. The van der Waals surface area contributed by atoms with Crippen LogP contribution in [-0.2, 0) is 16.4 Å². The SMILES string of the molecule is O=C(O)c1ccc(OCCS(=O)(=O)c2ccc(OCc3ccccc3)cc2)cc1O. The minimum atomic E-state index is -3.58. The molecular formula is C22H20O7S. The Labute approximate surface area is 174 Å². The molecule has 8 heteroatoms. The smallest absolute Gasteiger partial charge is 0.339 e. The lowest BCUT2D eigenvalue weighted by molar-refractivity contribution is 0.0693. The number of aromatic hydroxyl groups is 1. The van der Waals surface area contributed by atoms with Crippen molar-refractivity contribution in [2.24, 2.45) is 0 Å². The summed E-state index contributed by atoms with van der Waals surface area (Å²) in [6.45, 7) is 0.231. The Bertz CT molecular complexity index is 1110. The third kappa shape index (κ3) is 5.51. The maximum Gasteiger partial charge on any atom is 0.339 e. The van der Waals surface area contributed by atoms with Gasteiger partial charge in [0.15, 0.2) is 9.84 Å². The normalized spacial score (nSPS) is 11.1. The molecule has 0 bridgehead atoms. The zero-order chi connectivity index (χ0) is 21.6. The average molecular weight is 428 g/mol. The van der Waals surface area contributed by atoms with E-state index < -0.39 is 21.6 Å². The van der Waals surface area contributed by atoms with Gasteiger partial charge in [0, 0.05) is 6.07 Å². The second-order valence-corrected chi connectivity index (χ2v) is 8.51. The van der Waals surface area contributed by atoms with Crippen molar-refractivity contribution in [1.82, 2.24) is 0 Å². The molecule has 0 aliphatic heterocycles. The highest BCUT2D eigenvalue weighted by atomic mass is 32.2. The van der Waals surface area contributed by atoms with Crippen molar-refractivity contribution in [2.75, 3.05) is 12.4 Å². The van der Waals surface area contributed by atoms with E-state index in [2.05, 4.69) is 0 Å². The van der Waals surface area contributed by atoms with Crippen LogP contribution in [0.15, 0.2) is 77.7 Å². The average Bonchev–Trinajstić information content (AvgIpc) is 2.73. The second kappa shape index (κ2) is 9.32. The number of hydrogen-bond acceptors (Lipinski definition) is 6. The van der Waals surface area contributed by atoms with Gasteiger partial charge in [-0.2, -0.15) is 0 Å². The van der Waals surface area contributed by atoms with E-state index in [-0.39, 0.29) is 28.6 Å². The summed E-state index contributed by atoms with van der Waals surface area (Å²) in [6, 6.07) is 19.4. The van der Waals surface area contributed by atoms with Gasteiger partial charge in [0.05, 0.1) is 10.6 Å². The van der Waals surface area contributed by atoms with Crippen LogP contribution in [0.3, 0.4) is 0 Å². The maximum atomic E-state index is 12.5. The van der Waals surface area contributed by atoms with Crippen molar-refractivity contribution in [2.45, 2.75) is 11.5 Å². The Morgan fingerprint density at radius 3 is 2.17 bits per heavy atom. The fourth-order valence-electron chi connectivity index (χ4n) is 2.65. The van der Waals surface area contributed by atoms with E-state index in [1.165, 1.54) is 24.3 Å². The third-order valence-electron chi connectivity index (χ3n) is 4.25. The minimum Gasteiger partial charge on any atom is -0.507 e. The lowest BCUT2D eigenvalue weighted by Gasteiger charge is -2.10. The van der Waals surface area contributed by atoms with Gasteiger partial charge in [-0.05, 0) is 42.0 Å². The van der Waals surface area contributed by atoms with Crippen LogP contribution in [0.25, 0.3) is 0 Å². The van der Waals surface area contributed by atoms with E-state index >= 15 is 0 Å². The van der Waals surface area contributed by atoms with Crippen molar-refractivity contribution in [1.29, 1.82) is 0 Å². The van der Waals surface area contributed by atoms with Gasteiger partial charge >= 0.3 is 5.97 Å². The van der Waals surface area contributed by atoms with E-state index in [1.807, 2.05) is 30.3 Å². The topological polar surface area (TPSA) is 110 Å². The summed E-state index contributed by atoms with van der Waals surface area (Å²) in [5.74, 6) is -1.26. The molecule has 0 heterocycles. The Morgan fingerprint density at radius 2 is 1.53 bits per heavy atom. The molecule has 3 aromatic rings. The van der Waals surface area contributed by atoms with Crippen molar-refractivity contribution < 1.29 is 32.9 Å². The van der Waals surface area contributed by atoms with E-state index in [1.54, 1.807) is 12.1 Å². The zero-order valence-corrected chi connectivity index (χ0v) is 16.7. The molecule has 3 rings (SSSR count). The first kappa shape index (κ1) is 21.2. The fraction of sp³-hybridized carbons (Fsp3) is 0.136. The number of phenols is 1. The van der Waals surface area contributed by atoms with Gasteiger partial charge in [-0.15, -0.1) is 0 Å². The van der Waals surface area contributed by atoms with Gasteiger partial charge in [0.2, 0.25) is 0 Å². The number of aromatic carboxylic acids is 1. The largest absolute Gasteiger partial charge is 0.507 e. The van der Waals surface area contributed by atoms with Gasteiger partial charge in [-0.3, -0.25) is 0 Å². The molecule has 0 saturated heterocycles.